The van der Waals surface area contributed by atoms with Crippen molar-refractivity contribution in [1.82, 2.24) is 4.98 Å². The molecule has 0 spiro atoms. The fraction of sp³-hybridized carbons (Fsp3) is 0.500. The van der Waals surface area contributed by atoms with Gasteiger partial charge in [0.2, 0.25) is 0 Å². The van der Waals surface area contributed by atoms with Gasteiger partial charge >= 0.3 is 4.87 Å². The molecule has 1 aromatic rings. The Morgan fingerprint density at radius 3 is 2.22 bits per heavy atom. The number of aromatic nitrogens is 1. The monoisotopic (exact) mass is 145 g/mol. The lowest BCUT2D eigenvalue weighted by Crippen LogP contribution is -1.88. The van der Waals surface area contributed by atoms with Gasteiger partial charge in [-0.3, -0.25) is 4.79 Å². The molecule has 1 N–H and O–H groups in total. The average Bonchev–Trinajstić information content (AvgIpc) is 2.20. The molecule has 9 heavy (non-hydrogen) atoms. The smallest absolute Gasteiger partial charge is 0.304 e. The van der Waals surface area contributed by atoms with Crippen molar-refractivity contribution < 1.29 is 0 Å². The summed E-state index contributed by atoms with van der Waals surface area (Å²) in [5.41, 5.74) is 0. The Morgan fingerprint density at radius 1 is 1.56 bits per heavy atom. The van der Waals surface area contributed by atoms with Gasteiger partial charge in [-0.2, -0.15) is 0 Å². The second kappa shape index (κ2) is 4.32. The van der Waals surface area contributed by atoms with Crippen LogP contribution < -0.4 is 4.87 Å². The van der Waals surface area contributed by atoms with Crippen LogP contribution in [0.25, 0.3) is 0 Å². The van der Waals surface area contributed by atoms with E-state index in [-0.39, 0.29) is 4.87 Å². The molecular formula is C6H11NOS. The van der Waals surface area contributed by atoms with Crippen molar-refractivity contribution >= 4 is 11.3 Å². The van der Waals surface area contributed by atoms with Crippen molar-refractivity contribution in [1.29, 1.82) is 0 Å². The maximum Gasteiger partial charge on any atom is 0.304 e. The van der Waals surface area contributed by atoms with Crippen LogP contribution in [0.3, 0.4) is 0 Å². The quantitative estimate of drug-likeness (QED) is 0.593. The van der Waals surface area contributed by atoms with Crippen LogP contribution in [0.5, 0.6) is 0 Å². The zero-order valence-corrected chi connectivity index (χ0v) is 6.71. The lowest BCUT2D eigenvalue weighted by atomic mass is 10.7. The Hall–Kier alpha value is -0.570. The third-order valence-electron chi connectivity index (χ3n) is 0.647. The van der Waals surface area contributed by atoms with E-state index in [0.717, 1.165) is 4.88 Å². The molecule has 1 aromatic heterocycles. The topological polar surface area (TPSA) is 32.9 Å². The van der Waals surface area contributed by atoms with Crippen molar-refractivity contribution in [3.05, 3.63) is 20.7 Å². The standard InChI is InChI=1S/C4H5NOS.C2H6/c1-3-2-5-4(6)7-3;1-2/h2H,1H3,(H,5,6);1-2H3. The Labute approximate surface area is 58.6 Å². The lowest BCUT2D eigenvalue weighted by Gasteiger charge is -1.63. The van der Waals surface area contributed by atoms with Gasteiger partial charge in [-0.05, 0) is 6.92 Å². The van der Waals surface area contributed by atoms with Crippen LogP contribution in [-0.2, 0) is 0 Å². The molecule has 1 rings (SSSR count). The summed E-state index contributed by atoms with van der Waals surface area (Å²) in [7, 11) is 0. The van der Waals surface area contributed by atoms with Crippen LogP contribution in [0, 0.1) is 6.92 Å². The molecule has 0 saturated carbocycles. The fourth-order valence-corrected chi connectivity index (χ4v) is 0.894. The number of hydrogen-bond acceptors (Lipinski definition) is 2. The molecule has 0 bridgehead atoms. The van der Waals surface area contributed by atoms with E-state index in [1.165, 1.54) is 11.3 Å². The van der Waals surface area contributed by atoms with E-state index in [0.29, 0.717) is 0 Å². The highest BCUT2D eigenvalue weighted by Crippen LogP contribution is 1.93. The summed E-state index contributed by atoms with van der Waals surface area (Å²) in [6.07, 6.45) is 1.70. The second-order valence-corrected chi connectivity index (χ2v) is 2.51. The molecule has 0 amide bonds. The Kier molecular flexibility index (Phi) is 4.05. The number of H-pyrrole nitrogens is 1. The third kappa shape index (κ3) is 3.08. The van der Waals surface area contributed by atoms with Gasteiger partial charge in [-0.15, -0.1) is 0 Å². The molecule has 2 nitrogen and oxygen atoms in total. The van der Waals surface area contributed by atoms with Crippen LogP contribution in [0.1, 0.15) is 18.7 Å². The summed E-state index contributed by atoms with van der Waals surface area (Å²) in [4.78, 5) is 13.8. The molecule has 3 heteroatoms. The van der Waals surface area contributed by atoms with E-state index in [4.69, 9.17) is 0 Å². The van der Waals surface area contributed by atoms with Gasteiger partial charge < -0.3 is 4.98 Å². The maximum absolute atomic E-state index is 10.3. The molecular weight excluding hydrogens is 134 g/mol. The van der Waals surface area contributed by atoms with Gasteiger partial charge in [0.1, 0.15) is 0 Å². The van der Waals surface area contributed by atoms with Crippen LogP contribution >= 0.6 is 11.3 Å². The minimum atomic E-state index is 0.0255. The summed E-state index contributed by atoms with van der Waals surface area (Å²) in [5.74, 6) is 0. The molecule has 0 saturated heterocycles. The van der Waals surface area contributed by atoms with Crippen molar-refractivity contribution in [3.63, 3.8) is 0 Å². The molecule has 0 aromatic carbocycles. The highest BCUT2D eigenvalue weighted by Gasteiger charge is 1.83. The molecule has 0 atom stereocenters. The summed E-state index contributed by atoms with van der Waals surface area (Å²) in [6, 6.07) is 0. The van der Waals surface area contributed by atoms with Crippen molar-refractivity contribution in [2.75, 3.05) is 0 Å². The normalized spacial score (nSPS) is 7.89. The number of rotatable bonds is 0. The number of aromatic amines is 1. The largest absolute Gasteiger partial charge is 0.319 e. The molecule has 0 aliphatic carbocycles. The van der Waals surface area contributed by atoms with Crippen LogP contribution in [0.2, 0.25) is 0 Å². The van der Waals surface area contributed by atoms with Gasteiger partial charge in [0.25, 0.3) is 0 Å². The van der Waals surface area contributed by atoms with Crippen molar-refractivity contribution in [3.8, 4) is 0 Å². The molecule has 52 valence electrons. The molecule has 0 aliphatic rings. The van der Waals surface area contributed by atoms with E-state index < -0.39 is 0 Å². The fourth-order valence-electron chi connectivity index (χ4n) is 0.366. The summed E-state index contributed by atoms with van der Waals surface area (Å²) in [5, 5.41) is 0. The molecule has 0 aliphatic heterocycles. The van der Waals surface area contributed by atoms with Gasteiger partial charge in [-0.1, -0.05) is 25.2 Å². The molecule has 1 heterocycles. The zero-order valence-electron chi connectivity index (χ0n) is 5.89. The lowest BCUT2D eigenvalue weighted by molar-refractivity contribution is 1.32. The third-order valence-corrected chi connectivity index (χ3v) is 1.39. The Balaban J connectivity index is 0.000000291. The minimum absolute atomic E-state index is 0.0255. The van der Waals surface area contributed by atoms with Gasteiger partial charge in [-0.25, -0.2) is 0 Å². The van der Waals surface area contributed by atoms with Crippen LogP contribution in [0.15, 0.2) is 11.0 Å². The first-order chi connectivity index (χ1) is 4.29. The van der Waals surface area contributed by atoms with Crippen molar-refractivity contribution in [2.24, 2.45) is 0 Å². The predicted molar refractivity (Wildman–Crippen MR) is 41.0 cm³/mol. The Bertz CT molecular complexity index is 201. The maximum atomic E-state index is 10.3. The van der Waals surface area contributed by atoms with Crippen molar-refractivity contribution in [2.45, 2.75) is 20.8 Å². The zero-order chi connectivity index (χ0) is 7.28. The second-order valence-electron chi connectivity index (χ2n) is 1.29. The van der Waals surface area contributed by atoms with Crippen LogP contribution in [0.4, 0.5) is 0 Å². The number of aryl methyl sites for hydroxylation is 1. The first-order valence-corrected chi connectivity index (χ1v) is 3.76. The highest BCUT2D eigenvalue weighted by atomic mass is 32.1. The molecule has 0 radical (unpaired) electrons. The first kappa shape index (κ1) is 8.43. The summed E-state index contributed by atoms with van der Waals surface area (Å²) >= 11 is 1.23. The minimum Gasteiger partial charge on any atom is -0.319 e. The van der Waals surface area contributed by atoms with E-state index in [1.807, 2.05) is 20.8 Å². The Morgan fingerprint density at radius 2 is 2.11 bits per heavy atom. The number of nitrogens with one attached hydrogen (secondary N) is 1. The summed E-state index contributed by atoms with van der Waals surface area (Å²) < 4.78 is 0. The highest BCUT2D eigenvalue weighted by molar-refractivity contribution is 7.09. The number of hydrogen-bond donors (Lipinski definition) is 1. The van der Waals surface area contributed by atoms with E-state index in [9.17, 15) is 4.79 Å². The average molecular weight is 145 g/mol. The van der Waals surface area contributed by atoms with Gasteiger partial charge in [0.15, 0.2) is 0 Å². The van der Waals surface area contributed by atoms with E-state index in [2.05, 4.69) is 4.98 Å². The SMILES string of the molecule is CC.Cc1c[nH]c(=O)s1. The van der Waals surface area contributed by atoms with E-state index >= 15 is 0 Å². The summed E-state index contributed by atoms with van der Waals surface area (Å²) in [6.45, 7) is 5.89. The van der Waals surface area contributed by atoms with E-state index in [1.54, 1.807) is 6.20 Å². The number of thiazole rings is 1. The van der Waals surface area contributed by atoms with Crippen LogP contribution in [-0.4, -0.2) is 4.98 Å². The van der Waals surface area contributed by atoms with Gasteiger partial charge in [0, 0.05) is 11.1 Å². The first-order valence-electron chi connectivity index (χ1n) is 2.94. The van der Waals surface area contributed by atoms with Gasteiger partial charge in [0.05, 0.1) is 0 Å². The predicted octanol–water partition coefficient (Wildman–Crippen LogP) is 1.77. The molecule has 0 unspecified atom stereocenters. The molecule has 0 fully saturated rings.